The molecule has 0 saturated heterocycles. The smallest absolute Gasteiger partial charge is 0.154 e. The fourth-order valence-corrected chi connectivity index (χ4v) is 2.57. The van der Waals surface area contributed by atoms with E-state index in [0.717, 1.165) is 0 Å². The van der Waals surface area contributed by atoms with Crippen LogP contribution in [0.3, 0.4) is 0 Å². The highest BCUT2D eigenvalue weighted by atomic mass is 32.2. The molecule has 0 rings (SSSR count). The molecule has 3 nitrogen and oxygen atoms in total. The number of nitrogens with two attached hydrogens (primary N) is 1. The Morgan fingerprint density at radius 3 is 1.92 bits per heavy atom. The lowest BCUT2D eigenvalue weighted by Gasteiger charge is -2.31. The van der Waals surface area contributed by atoms with Gasteiger partial charge in [-0.3, -0.25) is 0 Å². The highest BCUT2D eigenvalue weighted by Gasteiger charge is 2.33. The summed E-state index contributed by atoms with van der Waals surface area (Å²) in [6, 6.07) is -0.308. The first-order valence-electron chi connectivity index (χ1n) is 4.60. The van der Waals surface area contributed by atoms with Crippen molar-refractivity contribution in [3.8, 4) is 0 Å². The second-order valence-electron chi connectivity index (χ2n) is 4.55. The topological polar surface area (TPSA) is 60.2 Å². The Hall–Kier alpha value is -0.0900. The van der Waals surface area contributed by atoms with Gasteiger partial charge in [0.15, 0.2) is 9.84 Å². The van der Waals surface area contributed by atoms with Crippen molar-refractivity contribution in [1.29, 1.82) is 0 Å². The molecule has 2 atom stereocenters. The van der Waals surface area contributed by atoms with Crippen LogP contribution in [0.15, 0.2) is 0 Å². The molecular formula is C9H21NO2S. The van der Waals surface area contributed by atoms with E-state index in [1.54, 1.807) is 13.8 Å². The van der Waals surface area contributed by atoms with Gasteiger partial charge in [0.05, 0.1) is 5.25 Å². The summed E-state index contributed by atoms with van der Waals surface area (Å²) in [5, 5.41) is -0.461. The van der Waals surface area contributed by atoms with Gasteiger partial charge in [0.25, 0.3) is 0 Å². The van der Waals surface area contributed by atoms with Crippen LogP contribution in [0.1, 0.15) is 34.6 Å². The molecular weight excluding hydrogens is 186 g/mol. The van der Waals surface area contributed by atoms with Crippen molar-refractivity contribution in [1.82, 2.24) is 0 Å². The molecule has 0 spiro atoms. The van der Waals surface area contributed by atoms with Gasteiger partial charge in [-0.15, -0.1) is 0 Å². The summed E-state index contributed by atoms with van der Waals surface area (Å²) in [6.45, 7) is 9.22. The van der Waals surface area contributed by atoms with Crippen molar-refractivity contribution in [2.24, 2.45) is 11.1 Å². The zero-order chi connectivity index (χ0) is 10.9. The summed E-state index contributed by atoms with van der Waals surface area (Å²) >= 11 is 0. The highest BCUT2D eigenvalue weighted by Crippen LogP contribution is 2.23. The maximum Gasteiger partial charge on any atom is 0.154 e. The molecule has 13 heavy (non-hydrogen) atoms. The Labute approximate surface area is 81.6 Å². The van der Waals surface area contributed by atoms with Crippen molar-refractivity contribution >= 4 is 9.84 Å². The van der Waals surface area contributed by atoms with Crippen LogP contribution in [0.25, 0.3) is 0 Å². The molecule has 0 amide bonds. The molecule has 0 bridgehead atoms. The third-order valence-electron chi connectivity index (χ3n) is 2.47. The molecule has 0 aromatic carbocycles. The van der Waals surface area contributed by atoms with E-state index in [0.29, 0.717) is 0 Å². The SMILES string of the molecule is CCS(=O)(=O)[C@@H](C)[C@H](N)C(C)(C)C. The molecule has 0 saturated carbocycles. The fraction of sp³-hybridized carbons (Fsp3) is 1.00. The van der Waals surface area contributed by atoms with Gasteiger partial charge in [0, 0.05) is 11.8 Å². The van der Waals surface area contributed by atoms with Gasteiger partial charge in [0.2, 0.25) is 0 Å². The molecule has 0 aliphatic carbocycles. The molecule has 0 aliphatic heterocycles. The Morgan fingerprint density at radius 2 is 1.69 bits per heavy atom. The van der Waals surface area contributed by atoms with E-state index >= 15 is 0 Å². The van der Waals surface area contributed by atoms with E-state index in [9.17, 15) is 8.42 Å². The molecule has 0 unspecified atom stereocenters. The first-order valence-corrected chi connectivity index (χ1v) is 6.31. The summed E-state index contributed by atoms with van der Waals surface area (Å²) in [7, 11) is -3.01. The molecule has 2 N–H and O–H groups in total. The van der Waals surface area contributed by atoms with Crippen molar-refractivity contribution in [2.75, 3.05) is 5.75 Å². The van der Waals surface area contributed by atoms with Gasteiger partial charge < -0.3 is 5.73 Å². The van der Waals surface area contributed by atoms with Crippen LogP contribution < -0.4 is 5.73 Å². The number of sulfone groups is 1. The minimum absolute atomic E-state index is 0.165. The Morgan fingerprint density at radius 1 is 1.31 bits per heavy atom. The van der Waals surface area contributed by atoms with Gasteiger partial charge in [-0.2, -0.15) is 0 Å². The predicted octanol–water partition coefficient (Wildman–Crippen LogP) is 1.18. The first-order chi connectivity index (χ1) is 5.63. The lowest BCUT2D eigenvalue weighted by molar-refractivity contribution is 0.313. The average Bonchev–Trinajstić information content (AvgIpc) is 2.00. The Bertz CT molecular complexity index is 251. The van der Waals surface area contributed by atoms with Crippen LogP contribution in [0.2, 0.25) is 0 Å². The van der Waals surface area contributed by atoms with Gasteiger partial charge in [-0.25, -0.2) is 8.42 Å². The van der Waals surface area contributed by atoms with Crippen LogP contribution >= 0.6 is 0 Å². The molecule has 4 heteroatoms. The lowest BCUT2D eigenvalue weighted by atomic mass is 9.86. The zero-order valence-corrected chi connectivity index (χ0v) is 9.98. The second kappa shape index (κ2) is 3.96. The minimum Gasteiger partial charge on any atom is -0.326 e. The summed E-state index contributed by atoms with van der Waals surface area (Å²) in [4.78, 5) is 0. The lowest BCUT2D eigenvalue weighted by Crippen LogP contribution is -2.47. The largest absolute Gasteiger partial charge is 0.326 e. The summed E-state index contributed by atoms with van der Waals surface area (Å²) in [5.41, 5.74) is 5.71. The van der Waals surface area contributed by atoms with E-state index in [-0.39, 0.29) is 17.2 Å². The standard InChI is InChI=1S/C9H21NO2S/c1-6-13(11,12)7(2)8(10)9(3,4)5/h7-8H,6,10H2,1-5H3/t7-,8-/m0/s1. The van der Waals surface area contributed by atoms with Crippen LogP contribution in [0, 0.1) is 5.41 Å². The monoisotopic (exact) mass is 207 g/mol. The number of rotatable bonds is 3. The van der Waals surface area contributed by atoms with E-state index in [2.05, 4.69) is 0 Å². The maximum atomic E-state index is 11.5. The third kappa shape index (κ3) is 3.27. The van der Waals surface area contributed by atoms with Crippen LogP contribution in [-0.4, -0.2) is 25.5 Å². The van der Waals surface area contributed by atoms with Crippen molar-refractivity contribution in [2.45, 2.75) is 45.9 Å². The van der Waals surface area contributed by atoms with Gasteiger partial charge in [-0.05, 0) is 12.3 Å². The summed E-state index contributed by atoms with van der Waals surface area (Å²) < 4.78 is 23.0. The van der Waals surface area contributed by atoms with Gasteiger partial charge >= 0.3 is 0 Å². The van der Waals surface area contributed by atoms with Crippen molar-refractivity contribution in [3.63, 3.8) is 0 Å². The molecule has 80 valence electrons. The summed E-state index contributed by atoms with van der Waals surface area (Å²) in [6.07, 6.45) is 0. The molecule has 0 heterocycles. The van der Waals surface area contributed by atoms with Crippen LogP contribution in [0.5, 0.6) is 0 Å². The van der Waals surface area contributed by atoms with Crippen LogP contribution in [-0.2, 0) is 9.84 Å². The molecule has 0 fully saturated rings. The van der Waals surface area contributed by atoms with E-state index in [4.69, 9.17) is 5.73 Å². The molecule has 0 radical (unpaired) electrons. The Balaban J connectivity index is 4.73. The number of hydrogen-bond acceptors (Lipinski definition) is 3. The Kier molecular flexibility index (Phi) is 3.94. The first kappa shape index (κ1) is 12.9. The zero-order valence-electron chi connectivity index (χ0n) is 9.16. The van der Waals surface area contributed by atoms with Gasteiger partial charge in [-0.1, -0.05) is 27.7 Å². The fourth-order valence-electron chi connectivity index (χ4n) is 1.19. The van der Waals surface area contributed by atoms with Crippen molar-refractivity contribution in [3.05, 3.63) is 0 Å². The maximum absolute atomic E-state index is 11.5. The van der Waals surface area contributed by atoms with Crippen molar-refractivity contribution < 1.29 is 8.42 Å². The molecule has 0 aromatic heterocycles. The molecule has 0 aliphatic rings. The quantitative estimate of drug-likeness (QED) is 0.756. The highest BCUT2D eigenvalue weighted by molar-refractivity contribution is 7.92. The third-order valence-corrected chi connectivity index (χ3v) is 4.71. The van der Waals surface area contributed by atoms with Crippen LogP contribution in [0.4, 0.5) is 0 Å². The predicted molar refractivity (Wildman–Crippen MR) is 56.4 cm³/mol. The summed E-state index contributed by atoms with van der Waals surface area (Å²) in [5.74, 6) is 0.165. The van der Waals surface area contributed by atoms with E-state index < -0.39 is 15.1 Å². The molecule has 0 aromatic rings. The minimum atomic E-state index is -3.01. The van der Waals surface area contributed by atoms with Gasteiger partial charge in [0.1, 0.15) is 0 Å². The number of hydrogen-bond donors (Lipinski definition) is 1. The normalized spacial score (nSPS) is 18.3. The average molecular weight is 207 g/mol. The van der Waals surface area contributed by atoms with E-state index in [1.165, 1.54) is 0 Å². The van der Waals surface area contributed by atoms with E-state index in [1.807, 2.05) is 20.8 Å². The second-order valence-corrected chi connectivity index (χ2v) is 7.20.